The number of nitrogens with one attached hydrogen (secondary N) is 1. The molecule has 0 aliphatic carbocycles. The van der Waals surface area contributed by atoms with Gasteiger partial charge in [-0.3, -0.25) is 0 Å². The number of halogens is 1. The van der Waals surface area contributed by atoms with Crippen molar-refractivity contribution in [3.05, 3.63) is 22.8 Å². The van der Waals surface area contributed by atoms with E-state index in [9.17, 15) is 0 Å². The van der Waals surface area contributed by atoms with Crippen LogP contribution in [0.25, 0.3) is 0 Å². The molecule has 0 spiro atoms. The number of aryl methyl sites for hydroxylation is 1. The van der Waals surface area contributed by atoms with Crippen LogP contribution in [-0.2, 0) is 0 Å². The van der Waals surface area contributed by atoms with Crippen LogP contribution in [0.15, 0.2) is 12.3 Å². The second kappa shape index (κ2) is 4.15. The first-order chi connectivity index (χ1) is 6.77. The topological polar surface area (TPSA) is 28.2 Å². The molecular weight excluding hydrogens is 198 g/mol. The Balaban J connectivity index is 2.18. The van der Waals surface area contributed by atoms with E-state index in [1.165, 1.54) is 0 Å². The van der Waals surface area contributed by atoms with Gasteiger partial charge in [-0.2, -0.15) is 0 Å². The molecule has 0 unspecified atom stereocenters. The number of hydrogen-bond donors (Lipinski definition) is 1. The maximum Gasteiger partial charge on any atom is 0.128 e. The number of aromatic nitrogens is 1. The summed E-state index contributed by atoms with van der Waals surface area (Å²) in [6.07, 6.45) is 1.73. The smallest absolute Gasteiger partial charge is 0.128 e. The Morgan fingerprint density at radius 3 is 2.79 bits per heavy atom. The van der Waals surface area contributed by atoms with Crippen molar-refractivity contribution >= 4 is 17.4 Å². The van der Waals surface area contributed by atoms with Gasteiger partial charge in [0.2, 0.25) is 0 Å². The van der Waals surface area contributed by atoms with Crippen molar-refractivity contribution in [2.45, 2.75) is 6.92 Å². The summed E-state index contributed by atoms with van der Waals surface area (Å²) in [7, 11) is 0. The normalized spacial score (nSPS) is 17.1. The monoisotopic (exact) mass is 211 g/mol. The number of piperazine rings is 1. The summed E-state index contributed by atoms with van der Waals surface area (Å²) in [6.45, 7) is 6.12. The molecule has 1 aromatic heterocycles. The molecule has 0 amide bonds. The highest BCUT2D eigenvalue weighted by molar-refractivity contribution is 6.31. The highest BCUT2D eigenvalue weighted by atomic mass is 35.5. The van der Waals surface area contributed by atoms with Gasteiger partial charge in [0.15, 0.2) is 0 Å². The molecule has 1 aromatic rings. The Morgan fingerprint density at radius 2 is 2.14 bits per heavy atom. The molecule has 3 nitrogen and oxygen atoms in total. The number of pyridine rings is 1. The van der Waals surface area contributed by atoms with Crippen LogP contribution in [0.1, 0.15) is 5.56 Å². The van der Waals surface area contributed by atoms with Crippen molar-refractivity contribution < 1.29 is 0 Å². The van der Waals surface area contributed by atoms with Crippen LogP contribution in [0.3, 0.4) is 0 Å². The highest BCUT2D eigenvalue weighted by Gasteiger charge is 2.11. The molecule has 0 radical (unpaired) electrons. The minimum Gasteiger partial charge on any atom is -0.354 e. The second-order valence-corrected chi connectivity index (χ2v) is 3.94. The third-order valence-corrected chi connectivity index (χ3v) is 2.87. The molecule has 76 valence electrons. The van der Waals surface area contributed by atoms with E-state index < -0.39 is 0 Å². The standard InChI is InChI=1S/C10H14ClN3/c1-8-6-10(13-7-9(8)11)14-4-2-12-3-5-14/h6-7,12H,2-5H2,1H3. The molecule has 4 heteroatoms. The Bertz CT molecular complexity index is 321. The van der Waals surface area contributed by atoms with Crippen molar-refractivity contribution in [2.75, 3.05) is 31.1 Å². The van der Waals surface area contributed by atoms with Crippen molar-refractivity contribution in [3.63, 3.8) is 0 Å². The minimum absolute atomic E-state index is 0.740. The number of rotatable bonds is 1. The fraction of sp³-hybridized carbons (Fsp3) is 0.500. The molecule has 1 N–H and O–H groups in total. The largest absolute Gasteiger partial charge is 0.354 e. The average molecular weight is 212 g/mol. The zero-order valence-electron chi connectivity index (χ0n) is 8.26. The van der Waals surface area contributed by atoms with Gasteiger partial charge in [-0.05, 0) is 18.6 Å². The van der Waals surface area contributed by atoms with E-state index in [1.54, 1.807) is 6.20 Å². The molecule has 1 aliphatic heterocycles. The highest BCUT2D eigenvalue weighted by Crippen LogP contribution is 2.19. The summed E-state index contributed by atoms with van der Waals surface area (Å²) < 4.78 is 0. The number of nitrogens with zero attached hydrogens (tertiary/aromatic N) is 2. The van der Waals surface area contributed by atoms with Crippen LogP contribution >= 0.6 is 11.6 Å². The summed E-state index contributed by atoms with van der Waals surface area (Å²) in [5, 5.41) is 4.05. The lowest BCUT2D eigenvalue weighted by atomic mass is 10.2. The third-order valence-electron chi connectivity index (χ3n) is 2.47. The van der Waals surface area contributed by atoms with Gasteiger partial charge in [0.1, 0.15) is 5.82 Å². The number of anilines is 1. The van der Waals surface area contributed by atoms with E-state index in [0.717, 1.165) is 42.6 Å². The van der Waals surface area contributed by atoms with E-state index in [-0.39, 0.29) is 0 Å². The molecule has 0 bridgehead atoms. The molecule has 2 rings (SSSR count). The first-order valence-electron chi connectivity index (χ1n) is 4.85. The Labute approximate surface area is 89.1 Å². The van der Waals surface area contributed by atoms with E-state index in [0.29, 0.717) is 0 Å². The van der Waals surface area contributed by atoms with Crippen LogP contribution in [0, 0.1) is 6.92 Å². The van der Waals surface area contributed by atoms with Gasteiger partial charge < -0.3 is 10.2 Å². The molecule has 2 heterocycles. The van der Waals surface area contributed by atoms with E-state index in [4.69, 9.17) is 11.6 Å². The van der Waals surface area contributed by atoms with Crippen LogP contribution < -0.4 is 10.2 Å². The van der Waals surface area contributed by atoms with Crippen molar-refractivity contribution in [2.24, 2.45) is 0 Å². The molecule has 1 fully saturated rings. The lowest BCUT2D eigenvalue weighted by Gasteiger charge is -2.28. The fourth-order valence-corrected chi connectivity index (χ4v) is 1.69. The third kappa shape index (κ3) is 1.99. The minimum atomic E-state index is 0.740. The molecule has 0 saturated carbocycles. The predicted octanol–water partition coefficient (Wildman–Crippen LogP) is 1.45. The van der Waals surface area contributed by atoms with Crippen LogP contribution in [0.5, 0.6) is 0 Å². The summed E-state index contributed by atoms with van der Waals surface area (Å²) in [6, 6.07) is 2.05. The molecule has 0 aromatic carbocycles. The Morgan fingerprint density at radius 1 is 1.43 bits per heavy atom. The average Bonchev–Trinajstić information content (AvgIpc) is 2.23. The quantitative estimate of drug-likeness (QED) is 0.762. The van der Waals surface area contributed by atoms with E-state index >= 15 is 0 Å². The first kappa shape index (κ1) is 9.74. The van der Waals surface area contributed by atoms with E-state index in [2.05, 4.69) is 15.2 Å². The summed E-state index contributed by atoms with van der Waals surface area (Å²) in [4.78, 5) is 6.61. The van der Waals surface area contributed by atoms with Gasteiger partial charge in [-0.1, -0.05) is 11.6 Å². The van der Waals surface area contributed by atoms with Crippen LogP contribution in [0.2, 0.25) is 5.02 Å². The van der Waals surface area contributed by atoms with Gasteiger partial charge in [-0.25, -0.2) is 4.98 Å². The Hall–Kier alpha value is -0.800. The maximum atomic E-state index is 5.93. The molecule has 0 atom stereocenters. The summed E-state index contributed by atoms with van der Waals surface area (Å²) in [5.41, 5.74) is 1.09. The van der Waals surface area contributed by atoms with Crippen LogP contribution in [0.4, 0.5) is 5.82 Å². The van der Waals surface area contributed by atoms with Gasteiger partial charge >= 0.3 is 0 Å². The predicted molar refractivity (Wildman–Crippen MR) is 59.1 cm³/mol. The SMILES string of the molecule is Cc1cc(N2CCNCC2)ncc1Cl. The maximum absolute atomic E-state index is 5.93. The van der Waals surface area contributed by atoms with Crippen LogP contribution in [-0.4, -0.2) is 31.2 Å². The summed E-state index contributed by atoms with van der Waals surface area (Å²) >= 11 is 5.93. The molecular formula is C10H14ClN3. The zero-order chi connectivity index (χ0) is 9.97. The van der Waals surface area contributed by atoms with Crippen molar-refractivity contribution in [1.82, 2.24) is 10.3 Å². The summed E-state index contributed by atoms with van der Waals surface area (Å²) in [5.74, 6) is 1.04. The fourth-order valence-electron chi connectivity index (χ4n) is 1.59. The second-order valence-electron chi connectivity index (χ2n) is 3.53. The Kier molecular flexibility index (Phi) is 2.89. The molecule has 1 aliphatic rings. The van der Waals surface area contributed by atoms with Crippen molar-refractivity contribution in [3.8, 4) is 0 Å². The van der Waals surface area contributed by atoms with Gasteiger partial charge in [-0.15, -0.1) is 0 Å². The zero-order valence-corrected chi connectivity index (χ0v) is 9.01. The number of hydrogen-bond acceptors (Lipinski definition) is 3. The van der Waals surface area contributed by atoms with E-state index in [1.807, 2.05) is 13.0 Å². The van der Waals surface area contributed by atoms with Gasteiger partial charge in [0, 0.05) is 32.4 Å². The molecule has 1 saturated heterocycles. The lowest BCUT2D eigenvalue weighted by molar-refractivity contribution is 0.585. The van der Waals surface area contributed by atoms with Gasteiger partial charge in [0.05, 0.1) is 5.02 Å². The van der Waals surface area contributed by atoms with Gasteiger partial charge in [0.25, 0.3) is 0 Å². The lowest BCUT2D eigenvalue weighted by Crippen LogP contribution is -2.43. The first-order valence-corrected chi connectivity index (χ1v) is 5.23. The van der Waals surface area contributed by atoms with Crippen molar-refractivity contribution in [1.29, 1.82) is 0 Å². The molecule has 14 heavy (non-hydrogen) atoms.